The summed E-state index contributed by atoms with van der Waals surface area (Å²) in [4.78, 5) is 8.52. The Bertz CT molecular complexity index is 1010. The highest BCUT2D eigenvalue weighted by molar-refractivity contribution is 5.69. The highest BCUT2D eigenvalue weighted by Gasteiger charge is 2.07. The van der Waals surface area contributed by atoms with Gasteiger partial charge in [-0.25, -0.2) is 4.98 Å². The molecule has 4 aromatic rings. The van der Waals surface area contributed by atoms with E-state index in [2.05, 4.69) is 32.7 Å². The normalized spacial score (nSPS) is 10.6. The van der Waals surface area contributed by atoms with Crippen molar-refractivity contribution >= 4 is 5.65 Å². The Morgan fingerprint density at radius 1 is 0.826 bits per heavy atom. The summed E-state index contributed by atoms with van der Waals surface area (Å²) in [5.41, 5.74) is 5.79. The Hall–Kier alpha value is -3.45. The summed E-state index contributed by atoms with van der Waals surface area (Å²) in [7, 11) is 0. The van der Waals surface area contributed by atoms with Gasteiger partial charge < -0.3 is 0 Å². The zero-order chi connectivity index (χ0) is 15.6. The molecule has 0 saturated heterocycles. The number of hydrogen-bond donors (Lipinski definition) is 0. The van der Waals surface area contributed by atoms with Crippen LogP contribution in [0.1, 0.15) is 5.56 Å². The van der Waals surface area contributed by atoms with Crippen LogP contribution < -0.4 is 0 Å². The molecule has 0 N–H and O–H groups in total. The molecule has 0 fully saturated rings. The molecular formula is C19H12N4. The van der Waals surface area contributed by atoms with Crippen molar-refractivity contribution in [3.05, 3.63) is 78.9 Å². The zero-order valence-corrected chi connectivity index (χ0v) is 12.2. The Morgan fingerprint density at radius 3 is 2.30 bits per heavy atom. The van der Waals surface area contributed by atoms with Gasteiger partial charge in [0, 0.05) is 24.2 Å². The van der Waals surface area contributed by atoms with Crippen molar-refractivity contribution in [2.45, 2.75) is 0 Å². The molecule has 0 amide bonds. The molecule has 4 rings (SSSR count). The third-order valence-corrected chi connectivity index (χ3v) is 3.83. The molecular weight excluding hydrogens is 284 g/mol. The van der Waals surface area contributed by atoms with Crippen molar-refractivity contribution in [1.82, 2.24) is 14.4 Å². The zero-order valence-electron chi connectivity index (χ0n) is 12.2. The van der Waals surface area contributed by atoms with Gasteiger partial charge in [0.2, 0.25) is 0 Å². The lowest BCUT2D eigenvalue weighted by molar-refractivity contribution is 1.19. The minimum absolute atomic E-state index is 0.653. The number of pyridine rings is 2. The van der Waals surface area contributed by atoms with Crippen LogP contribution in [0.3, 0.4) is 0 Å². The van der Waals surface area contributed by atoms with Gasteiger partial charge in [-0.1, -0.05) is 12.1 Å². The van der Waals surface area contributed by atoms with Gasteiger partial charge in [-0.3, -0.25) is 9.38 Å². The molecule has 4 heteroatoms. The predicted octanol–water partition coefficient (Wildman–Crippen LogP) is 3.93. The standard InChI is InChI=1S/C19H12N4/c20-11-14-1-3-16(4-2-14)18-12-22-19-6-5-17(13-23(18)19)15-7-9-21-10-8-15/h1-10,12-13H. The highest BCUT2D eigenvalue weighted by Crippen LogP contribution is 2.25. The third kappa shape index (κ3) is 2.34. The van der Waals surface area contributed by atoms with Crippen molar-refractivity contribution in [1.29, 1.82) is 5.26 Å². The SMILES string of the molecule is N#Cc1ccc(-c2cnc3ccc(-c4ccncc4)cn23)cc1. The number of hydrogen-bond acceptors (Lipinski definition) is 3. The number of benzene rings is 1. The molecule has 1 aromatic carbocycles. The Kier molecular flexibility index (Phi) is 3.10. The molecule has 0 saturated carbocycles. The number of nitriles is 1. The first-order chi connectivity index (χ1) is 11.3. The Morgan fingerprint density at radius 2 is 1.57 bits per heavy atom. The number of nitrogens with zero attached hydrogens (tertiary/aromatic N) is 4. The molecule has 0 aliphatic heterocycles. The average Bonchev–Trinajstić information content (AvgIpc) is 3.05. The lowest BCUT2D eigenvalue weighted by Gasteiger charge is -2.06. The quantitative estimate of drug-likeness (QED) is 0.563. The minimum Gasteiger partial charge on any atom is -0.299 e. The molecule has 0 unspecified atom stereocenters. The van der Waals surface area contributed by atoms with Crippen LogP contribution in [0.5, 0.6) is 0 Å². The van der Waals surface area contributed by atoms with E-state index < -0.39 is 0 Å². The summed E-state index contributed by atoms with van der Waals surface area (Å²) >= 11 is 0. The number of aromatic nitrogens is 3. The lowest BCUT2D eigenvalue weighted by Crippen LogP contribution is -1.90. The van der Waals surface area contributed by atoms with Gasteiger partial charge in [0.05, 0.1) is 23.5 Å². The van der Waals surface area contributed by atoms with E-state index in [1.54, 1.807) is 12.4 Å². The summed E-state index contributed by atoms with van der Waals surface area (Å²) < 4.78 is 2.07. The second kappa shape index (κ2) is 5.39. The van der Waals surface area contributed by atoms with Gasteiger partial charge in [0.15, 0.2) is 0 Å². The molecule has 3 heterocycles. The van der Waals surface area contributed by atoms with E-state index in [4.69, 9.17) is 5.26 Å². The van der Waals surface area contributed by atoms with Crippen molar-refractivity contribution in [2.24, 2.45) is 0 Å². The molecule has 0 aliphatic carbocycles. The molecule has 108 valence electrons. The van der Waals surface area contributed by atoms with Gasteiger partial charge in [-0.2, -0.15) is 5.26 Å². The van der Waals surface area contributed by atoms with Crippen LogP contribution in [0.2, 0.25) is 0 Å². The van der Waals surface area contributed by atoms with E-state index in [0.717, 1.165) is 28.0 Å². The van der Waals surface area contributed by atoms with Crippen LogP contribution in [-0.2, 0) is 0 Å². The fraction of sp³-hybridized carbons (Fsp3) is 0. The third-order valence-electron chi connectivity index (χ3n) is 3.83. The van der Waals surface area contributed by atoms with Crippen molar-refractivity contribution in [3.63, 3.8) is 0 Å². The monoisotopic (exact) mass is 296 g/mol. The van der Waals surface area contributed by atoms with Crippen LogP contribution in [0.25, 0.3) is 28.0 Å². The van der Waals surface area contributed by atoms with E-state index in [1.165, 1.54) is 0 Å². The Labute approximate surface area is 133 Å². The number of rotatable bonds is 2. The summed E-state index contributed by atoms with van der Waals surface area (Å²) in [6.45, 7) is 0. The lowest BCUT2D eigenvalue weighted by atomic mass is 10.1. The van der Waals surface area contributed by atoms with Crippen LogP contribution in [0.15, 0.2) is 73.3 Å². The fourth-order valence-electron chi connectivity index (χ4n) is 2.62. The van der Waals surface area contributed by atoms with E-state index in [9.17, 15) is 0 Å². The van der Waals surface area contributed by atoms with Gasteiger partial charge in [0.1, 0.15) is 5.65 Å². The maximum absolute atomic E-state index is 8.92. The van der Waals surface area contributed by atoms with E-state index in [-0.39, 0.29) is 0 Å². The van der Waals surface area contributed by atoms with Crippen molar-refractivity contribution in [3.8, 4) is 28.5 Å². The number of imidazole rings is 1. The summed E-state index contributed by atoms with van der Waals surface area (Å²) in [5, 5.41) is 8.92. The molecule has 0 atom stereocenters. The van der Waals surface area contributed by atoms with Crippen LogP contribution in [0, 0.1) is 11.3 Å². The van der Waals surface area contributed by atoms with Gasteiger partial charge in [0.25, 0.3) is 0 Å². The molecule has 3 aromatic heterocycles. The summed E-state index contributed by atoms with van der Waals surface area (Å²) in [5.74, 6) is 0. The smallest absolute Gasteiger partial charge is 0.137 e. The van der Waals surface area contributed by atoms with Crippen LogP contribution >= 0.6 is 0 Å². The van der Waals surface area contributed by atoms with Gasteiger partial charge >= 0.3 is 0 Å². The fourth-order valence-corrected chi connectivity index (χ4v) is 2.62. The molecule has 23 heavy (non-hydrogen) atoms. The first kappa shape index (κ1) is 13.2. The second-order valence-electron chi connectivity index (χ2n) is 5.21. The molecule has 4 nitrogen and oxygen atoms in total. The van der Waals surface area contributed by atoms with Gasteiger partial charge in [-0.15, -0.1) is 0 Å². The summed E-state index contributed by atoms with van der Waals surface area (Å²) in [6, 6.07) is 17.7. The molecule has 0 aliphatic rings. The largest absolute Gasteiger partial charge is 0.299 e. The number of fused-ring (bicyclic) bond motifs is 1. The van der Waals surface area contributed by atoms with Gasteiger partial charge in [-0.05, 0) is 47.5 Å². The molecule has 0 radical (unpaired) electrons. The molecule has 0 bridgehead atoms. The van der Waals surface area contributed by atoms with Crippen LogP contribution in [-0.4, -0.2) is 14.4 Å². The average molecular weight is 296 g/mol. The maximum atomic E-state index is 8.92. The topological polar surface area (TPSA) is 54.0 Å². The second-order valence-corrected chi connectivity index (χ2v) is 5.21. The highest BCUT2D eigenvalue weighted by atomic mass is 15.0. The van der Waals surface area contributed by atoms with E-state index >= 15 is 0 Å². The van der Waals surface area contributed by atoms with Crippen molar-refractivity contribution in [2.75, 3.05) is 0 Å². The Balaban J connectivity index is 1.86. The van der Waals surface area contributed by atoms with Crippen LogP contribution in [0.4, 0.5) is 0 Å². The van der Waals surface area contributed by atoms with E-state index in [0.29, 0.717) is 5.56 Å². The predicted molar refractivity (Wildman–Crippen MR) is 88.6 cm³/mol. The van der Waals surface area contributed by atoms with E-state index in [1.807, 2.05) is 48.7 Å². The first-order valence-electron chi connectivity index (χ1n) is 7.23. The maximum Gasteiger partial charge on any atom is 0.137 e. The van der Waals surface area contributed by atoms with Crippen molar-refractivity contribution < 1.29 is 0 Å². The molecule has 0 spiro atoms. The first-order valence-corrected chi connectivity index (χ1v) is 7.23. The minimum atomic E-state index is 0.653. The summed E-state index contributed by atoms with van der Waals surface area (Å²) in [6.07, 6.45) is 7.50.